The summed E-state index contributed by atoms with van der Waals surface area (Å²) in [5.74, 6) is 0. The number of hydrazine groups is 1. The number of rotatable bonds is 20. The molecule has 0 unspecified atom stereocenters. The third-order valence-electron chi connectivity index (χ3n) is 4.84. The third kappa shape index (κ3) is 16.4. The lowest BCUT2D eigenvalue weighted by Gasteiger charge is -2.18. The van der Waals surface area contributed by atoms with Crippen molar-refractivity contribution in [3.63, 3.8) is 0 Å². The van der Waals surface area contributed by atoms with Crippen molar-refractivity contribution in [1.29, 1.82) is 0 Å². The van der Waals surface area contributed by atoms with Gasteiger partial charge in [0.2, 0.25) is 5.28 Å². The predicted octanol–water partition coefficient (Wildman–Crippen LogP) is 5.65. The van der Waals surface area contributed by atoms with Gasteiger partial charge in [-0.25, -0.2) is 0 Å². The molecule has 0 atom stereocenters. The first-order valence-corrected chi connectivity index (χ1v) is 11.0. The highest BCUT2D eigenvalue weighted by atomic mass is 16.6. The van der Waals surface area contributed by atoms with Gasteiger partial charge < -0.3 is 15.7 Å². The molecule has 0 aromatic carbocycles. The standard InChI is InChI=1S/C20H44N4O2/c1-3-5-7-9-11-12-14-16-19-23(24(26)22-25)20-18-21-17-15-13-10-8-6-4-2/h21,25H,3-20H2,1-2H3. The van der Waals surface area contributed by atoms with Crippen LogP contribution >= 0.6 is 0 Å². The van der Waals surface area contributed by atoms with Crippen molar-refractivity contribution in [3.05, 3.63) is 5.21 Å². The minimum Gasteiger partial charge on any atom is -0.569 e. The normalized spacial score (nSPS) is 11.8. The lowest BCUT2D eigenvalue weighted by atomic mass is 10.1. The molecule has 2 N–H and O–H groups in total. The van der Waals surface area contributed by atoms with Gasteiger partial charge in [-0.1, -0.05) is 90.9 Å². The average Bonchev–Trinajstić information content (AvgIpc) is 2.66. The lowest BCUT2D eigenvalue weighted by Crippen LogP contribution is -2.37. The van der Waals surface area contributed by atoms with Crippen LogP contribution in [0, 0.1) is 5.21 Å². The molecule has 0 aliphatic carbocycles. The lowest BCUT2D eigenvalue weighted by molar-refractivity contribution is -0.709. The number of nitrogens with one attached hydrogen (secondary N) is 1. The Morgan fingerprint density at radius 1 is 0.731 bits per heavy atom. The van der Waals surface area contributed by atoms with Crippen LogP contribution in [0.3, 0.4) is 0 Å². The molecule has 0 fully saturated rings. The largest absolute Gasteiger partial charge is 0.569 e. The van der Waals surface area contributed by atoms with Crippen LogP contribution in [0.2, 0.25) is 0 Å². The maximum Gasteiger partial charge on any atom is 0.230 e. The zero-order valence-electron chi connectivity index (χ0n) is 17.4. The maximum atomic E-state index is 11.6. The minimum absolute atomic E-state index is 0.327. The van der Waals surface area contributed by atoms with Crippen LogP contribution in [0.15, 0.2) is 5.28 Å². The number of unbranched alkanes of at least 4 members (excludes halogenated alkanes) is 12. The van der Waals surface area contributed by atoms with Crippen LogP contribution in [-0.2, 0) is 0 Å². The van der Waals surface area contributed by atoms with Gasteiger partial charge >= 0.3 is 0 Å². The summed E-state index contributed by atoms with van der Waals surface area (Å²) in [5.41, 5.74) is 0. The quantitative estimate of drug-likeness (QED) is 0.125. The molecule has 0 aliphatic rings. The van der Waals surface area contributed by atoms with E-state index < -0.39 is 0 Å². The highest BCUT2D eigenvalue weighted by Gasteiger charge is 2.11. The second-order valence-electron chi connectivity index (χ2n) is 7.29. The van der Waals surface area contributed by atoms with Gasteiger partial charge in [-0.05, 0) is 19.4 Å². The fraction of sp³-hybridized carbons (Fsp3) is 1.00. The zero-order chi connectivity index (χ0) is 19.3. The molecule has 0 aromatic rings. The van der Waals surface area contributed by atoms with Crippen LogP contribution in [0.4, 0.5) is 0 Å². The van der Waals surface area contributed by atoms with Crippen LogP contribution in [0.25, 0.3) is 0 Å². The highest BCUT2D eigenvalue weighted by Crippen LogP contribution is 2.09. The van der Waals surface area contributed by atoms with Crippen LogP contribution in [0.5, 0.6) is 0 Å². The molecule has 156 valence electrons. The smallest absolute Gasteiger partial charge is 0.230 e. The fourth-order valence-corrected chi connectivity index (χ4v) is 3.13. The molecule has 0 saturated carbocycles. The number of hydrogen-bond donors (Lipinski definition) is 2. The number of hydrogen-bond acceptors (Lipinski definition) is 3. The van der Waals surface area contributed by atoms with E-state index in [0.717, 1.165) is 25.9 Å². The van der Waals surface area contributed by atoms with Crippen molar-refractivity contribution in [2.45, 2.75) is 104 Å². The highest BCUT2D eigenvalue weighted by molar-refractivity contribution is 4.54. The number of nitrogens with zero attached hydrogens (tertiary/aromatic N) is 3. The van der Waals surface area contributed by atoms with E-state index in [0.29, 0.717) is 18.1 Å². The van der Waals surface area contributed by atoms with Crippen molar-refractivity contribution in [1.82, 2.24) is 10.3 Å². The Kier molecular flexibility index (Phi) is 19.5. The molecule has 0 saturated heterocycles. The van der Waals surface area contributed by atoms with Gasteiger partial charge in [0.05, 0.1) is 18.1 Å². The first-order valence-electron chi connectivity index (χ1n) is 11.0. The SMILES string of the molecule is CCCCCCCCCCN(CCNCCCCCCCC)[N+]([O-])=NO. The topological polar surface area (TPSA) is 73.9 Å². The van der Waals surface area contributed by atoms with Crippen molar-refractivity contribution in [2.75, 3.05) is 26.2 Å². The van der Waals surface area contributed by atoms with Gasteiger partial charge in [0.1, 0.15) is 0 Å². The monoisotopic (exact) mass is 372 g/mol. The molecule has 0 radical (unpaired) electrons. The maximum absolute atomic E-state index is 11.6. The molecule has 0 aromatic heterocycles. The van der Waals surface area contributed by atoms with E-state index in [2.05, 4.69) is 24.4 Å². The first kappa shape index (κ1) is 25.0. The van der Waals surface area contributed by atoms with E-state index in [-0.39, 0.29) is 0 Å². The van der Waals surface area contributed by atoms with Crippen LogP contribution in [-0.4, -0.2) is 41.4 Å². The minimum atomic E-state index is 0.327. The van der Waals surface area contributed by atoms with Crippen molar-refractivity contribution < 1.29 is 10.2 Å². The summed E-state index contributed by atoms with van der Waals surface area (Å²) in [5, 5.41) is 28.1. The molecular weight excluding hydrogens is 328 g/mol. The van der Waals surface area contributed by atoms with Crippen molar-refractivity contribution >= 4 is 0 Å². The summed E-state index contributed by atoms with van der Waals surface area (Å²) in [6, 6.07) is 0. The molecule has 26 heavy (non-hydrogen) atoms. The molecule has 0 bridgehead atoms. The van der Waals surface area contributed by atoms with E-state index >= 15 is 0 Å². The Bertz CT molecular complexity index is 314. The van der Waals surface area contributed by atoms with E-state index in [1.54, 1.807) is 5.01 Å². The third-order valence-corrected chi connectivity index (χ3v) is 4.84. The van der Waals surface area contributed by atoms with Crippen molar-refractivity contribution in [2.24, 2.45) is 5.28 Å². The molecule has 0 aliphatic heterocycles. The van der Waals surface area contributed by atoms with Gasteiger partial charge in [-0.2, -0.15) is 0 Å². The van der Waals surface area contributed by atoms with E-state index in [1.807, 2.05) is 0 Å². The second-order valence-corrected chi connectivity index (χ2v) is 7.29. The van der Waals surface area contributed by atoms with Gasteiger partial charge in [-0.15, -0.1) is 5.01 Å². The average molecular weight is 373 g/mol. The Morgan fingerprint density at radius 3 is 1.77 bits per heavy atom. The Morgan fingerprint density at radius 2 is 1.23 bits per heavy atom. The Balaban J connectivity index is 3.64. The first-order chi connectivity index (χ1) is 12.8. The van der Waals surface area contributed by atoms with Gasteiger partial charge in [-0.3, -0.25) is 0 Å². The molecule has 0 spiro atoms. The molecule has 0 amide bonds. The molecule has 6 nitrogen and oxygen atoms in total. The van der Waals surface area contributed by atoms with E-state index in [1.165, 1.54) is 77.0 Å². The molecule has 0 heterocycles. The van der Waals surface area contributed by atoms with Crippen LogP contribution < -0.4 is 5.32 Å². The predicted molar refractivity (Wildman–Crippen MR) is 108 cm³/mol. The Hall–Kier alpha value is -1.04. The van der Waals surface area contributed by atoms with Crippen LogP contribution in [0.1, 0.15) is 104 Å². The summed E-state index contributed by atoms with van der Waals surface area (Å²) in [6.07, 6.45) is 17.6. The van der Waals surface area contributed by atoms with E-state index in [9.17, 15) is 5.21 Å². The second kappa shape index (κ2) is 20.3. The van der Waals surface area contributed by atoms with E-state index in [4.69, 9.17) is 5.21 Å². The van der Waals surface area contributed by atoms with Gasteiger partial charge in [0, 0.05) is 6.54 Å². The summed E-state index contributed by atoms with van der Waals surface area (Å²) >= 11 is 0. The summed E-state index contributed by atoms with van der Waals surface area (Å²) in [7, 11) is 0. The molecule has 0 rings (SSSR count). The van der Waals surface area contributed by atoms with Gasteiger partial charge in [0.15, 0.2) is 0 Å². The molecule has 6 heteroatoms. The summed E-state index contributed by atoms with van der Waals surface area (Å²) in [6.45, 7) is 7.45. The van der Waals surface area contributed by atoms with Gasteiger partial charge in [0.25, 0.3) is 0 Å². The Labute approximate surface area is 161 Å². The zero-order valence-corrected chi connectivity index (χ0v) is 17.4. The molecular formula is C20H44N4O2. The summed E-state index contributed by atoms with van der Waals surface area (Å²) in [4.78, 5) is 0.327. The van der Waals surface area contributed by atoms with Crippen molar-refractivity contribution in [3.8, 4) is 0 Å². The summed E-state index contributed by atoms with van der Waals surface area (Å²) < 4.78 is 0. The fourth-order valence-electron chi connectivity index (χ4n) is 3.13.